The number of nitrogens with zero attached hydrogens (tertiary/aromatic N) is 5. The van der Waals surface area contributed by atoms with Gasteiger partial charge in [-0.3, -0.25) is 19.9 Å². The van der Waals surface area contributed by atoms with Crippen molar-refractivity contribution in [2.75, 3.05) is 13.2 Å². The number of amides is 2. The van der Waals surface area contributed by atoms with Crippen molar-refractivity contribution in [2.45, 2.75) is 58.5 Å². The molecule has 39 heavy (non-hydrogen) atoms. The average Bonchev–Trinajstić information content (AvgIpc) is 3.48. The van der Waals surface area contributed by atoms with Crippen molar-refractivity contribution in [1.29, 1.82) is 0 Å². The van der Waals surface area contributed by atoms with Crippen LogP contribution in [0.1, 0.15) is 67.9 Å². The molecule has 0 saturated heterocycles. The molecule has 0 aromatic heterocycles. The predicted molar refractivity (Wildman–Crippen MR) is 154 cm³/mol. The van der Waals surface area contributed by atoms with Gasteiger partial charge in [0, 0.05) is 27.7 Å². The highest BCUT2D eigenvalue weighted by Crippen LogP contribution is 2.46. The van der Waals surface area contributed by atoms with Gasteiger partial charge in [-0.25, -0.2) is 4.99 Å². The van der Waals surface area contributed by atoms with Gasteiger partial charge in [-0.1, -0.05) is 56.1 Å². The molecule has 2 aromatic carbocycles. The van der Waals surface area contributed by atoms with Gasteiger partial charge in [-0.2, -0.15) is 5.11 Å². The van der Waals surface area contributed by atoms with Crippen LogP contribution in [0.3, 0.4) is 0 Å². The summed E-state index contributed by atoms with van der Waals surface area (Å²) in [6.45, 7) is 7.60. The van der Waals surface area contributed by atoms with Gasteiger partial charge in [0.05, 0.1) is 0 Å². The van der Waals surface area contributed by atoms with Crippen molar-refractivity contribution < 1.29 is 9.59 Å². The molecule has 1 N–H and O–H groups in total. The Kier molecular flexibility index (Phi) is 7.62. The Labute approximate surface area is 238 Å². The van der Waals surface area contributed by atoms with Crippen molar-refractivity contribution >= 4 is 46.7 Å². The van der Waals surface area contributed by atoms with Crippen LogP contribution in [0.25, 0.3) is 0 Å². The predicted octanol–water partition coefficient (Wildman–Crippen LogP) is 6.31. The van der Waals surface area contributed by atoms with Gasteiger partial charge in [0.15, 0.2) is 6.67 Å². The molecule has 0 atom stereocenters. The van der Waals surface area contributed by atoms with Crippen LogP contribution < -0.4 is 5.32 Å². The molecule has 8 nitrogen and oxygen atoms in total. The van der Waals surface area contributed by atoms with Crippen LogP contribution in [0.4, 0.5) is 0 Å². The Morgan fingerprint density at radius 1 is 1.08 bits per heavy atom. The van der Waals surface area contributed by atoms with E-state index in [-0.39, 0.29) is 29.9 Å². The highest BCUT2D eigenvalue weighted by molar-refractivity contribution is 6.47. The SMILES string of the molecule is CC(C)(C)C1CCC2(CC1)N=C(c1cc(Cl)cc(Cl)c1)C(=O)N2CCc1ccc(C(=O)NC2=NCN=N2)cc1. The van der Waals surface area contributed by atoms with Gasteiger partial charge < -0.3 is 4.90 Å². The van der Waals surface area contributed by atoms with Crippen molar-refractivity contribution in [2.24, 2.45) is 31.5 Å². The third-order valence-electron chi connectivity index (χ3n) is 7.93. The van der Waals surface area contributed by atoms with Gasteiger partial charge in [0.25, 0.3) is 11.8 Å². The van der Waals surface area contributed by atoms with E-state index < -0.39 is 5.66 Å². The molecule has 1 fully saturated rings. The van der Waals surface area contributed by atoms with E-state index in [1.165, 1.54) is 0 Å². The third kappa shape index (κ3) is 5.92. The number of hydrogen-bond donors (Lipinski definition) is 1. The molecule has 3 aliphatic rings. The standard InChI is InChI=1S/C29H32Cl2N6O2/c1-28(2,3)21-8-11-29(12-9-21)35-24(20-14-22(30)16-23(31)15-20)26(39)37(29)13-10-18-4-6-19(7-5-18)25(38)34-27-32-17-33-36-27/h4-7,14-16,21H,8-13,17H2,1-3H3,(H,32,34,38). The number of hydrogen-bond acceptors (Lipinski definition) is 6. The largest absolute Gasteiger partial charge is 0.312 e. The van der Waals surface area contributed by atoms with Gasteiger partial charge in [-0.15, -0.1) is 5.11 Å². The van der Waals surface area contributed by atoms with E-state index in [2.05, 4.69) is 41.3 Å². The second-order valence-electron chi connectivity index (χ2n) is 11.5. The number of nitrogens with one attached hydrogen (secondary N) is 1. The number of rotatable bonds is 5. The maximum atomic E-state index is 13.8. The van der Waals surface area contributed by atoms with Crippen LogP contribution in [0.2, 0.25) is 10.0 Å². The first-order valence-electron chi connectivity index (χ1n) is 13.2. The molecular formula is C29H32Cl2N6O2. The lowest BCUT2D eigenvalue weighted by molar-refractivity contribution is -0.129. The minimum absolute atomic E-state index is 0.0926. The molecular weight excluding hydrogens is 535 g/mol. The summed E-state index contributed by atoms with van der Waals surface area (Å²) in [5.74, 6) is 0.420. The third-order valence-corrected chi connectivity index (χ3v) is 8.37. The van der Waals surface area contributed by atoms with Crippen LogP contribution in [0.5, 0.6) is 0 Å². The van der Waals surface area contributed by atoms with Crippen molar-refractivity contribution in [1.82, 2.24) is 10.2 Å². The summed E-state index contributed by atoms with van der Waals surface area (Å²) in [5.41, 5.74) is 2.24. The second kappa shape index (κ2) is 10.8. The summed E-state index contributed by atoms with van der Waals surface area (Å²) in [6.07, 6.45) is 4.29. The Morgan fingerprint density at radius 2 is 1.74 bits per heavy atom. The molecule has 2 aliphatic heterocycles. The second-order valence-corrected chi connectivity index (χ2v) is 12.3. The fourth-order valence-electron chi connectivity index (χ4n) is 5.68. The number of halogens is 2. The maximum absolute atomic E-state index is 13.8. The Bertz CT molecular complexity index is 1350. The van der Waals surface area contributed by atoms with E-state index in [1.54, 1.807) is 30.3 Å². The zero-order valence-corrected chi connectivity index (χ0v) is 23.9. The number of guanidine groups is 1. The lowest BCUT2D eigenvalue weighted by atomic mass is 9.69. The number of aliphatic imine (C=N–C) groups is 2. The zero-order valence-electron chi connectivity index (χ0n) is 22.4. The van der Waals surface area contributed by atoms with Gasteiger partial charge in [0.1, 0.15) is 11.4 Å². The number of carbonyl (C=O) groups excluding carboxylic acids is 2. The van der Waals surface area contributed by atoms with Gasteiger partial charge in [0.2, 0.25) is 5.96 Å². The first kappa shape index (κ1) is 27.5. The van der Waals surface area contributed by atoms with E-state index in [4.69, 9.17) is 28.2 Å². The topological polar surface area (TPSA) is 98.8 Å². The monoisotopic (exact) mass is 566 g/mol. The molecule has 1 saturated carbocycles. The molecule has 204 valence electrons. The highest BCUT2D eigenvalue weighted by atomic mass is 35.5. The molecule has 10 heteroatoms. The molecule has 5 rings (SSSR count). The summed E-state index contributed by atoms with van der Waals surface area (Å²) >= 11 is 12.5. The number of benzene rings is 2. The molecule has 1 aliphatic carbocycles. The summed E-state index contributed by atoms with van der Waals surface area (Å²) < 4.78 is 0. The lowest BCUT2D eigenvalue weighted by Gasteiger charge is -2.45. The summed E-state index contributed by atoms with van der Waals surface area (Å²) in [7, 11) is 0. The molecule has 0 unspecified atom stereocenters. The molecule has 0 bridgehead atoms. The van der Waals surface area contributed by atoms with E-state index in [0.29, 0.717) is 45.8 Å². The van der Waals surface area contributed by atoms with Crippen LogP contribution in [0.15, 0.2) is 62.7 Å². The van der Waals surface area contributed by atoms with Crippen molar-refractivity contribution in [3.63, 3.8) is 0 Å². The highest BCUT2D eigenvalue weighted by Gasteiger charge is 2.49. The molecule has 0 radical (unpaired) electrons. The fraction of sp³-hybridized carbons (Fsp3) is 0.448. The van der Waals surface area contributed by atoms with Crippen LogP contribution in [-0.4, -0.2) is 47.3 Å². The van der Waals surface area contributed by atoms with E-state index in [1.807, 2.05) is 17.0 Å². The van der Waals surface area contributed by atoms with Crippen molar-refractivity contribution in [3.8, 4) is 0 Å². The summed E-state index contributed by atoms with van der Waals surface area (Å²) in [6, 6.07) is 12.5. The average molecular weight is 568 g/mol. The smallest absolute Gasteiger partial charge is 0.274 e. The quantitative estimate of drug-likeness (QED) is 0.458. The van der Waals surface area contributed by atoms with Gasteiger partial charge in [-0.05, 0) is 79.3 Å². The zero-order chi connectivity index (χ0) is 27.8. The summed E-state index contributed by atoms with van der Waals surface area (Å²) in [4.78, 5) is 37.3. The van der Waals surface area contributed by atoms with E-state index in [9.17, 15) is 9.59 Å². The van der Waals surface area contributed by atoms with Crippen LogP contribution in [-0.2, 0) is 11.2 Å². The van der Waals surface area contributed by atoms with Crippen LogP contribution in [0, 0.1) is 11.3 Å². The Balaban J connectivity index is 1.34. The Hall–Kier alpha value is -3.10. The maximum Gasteiger partial charge on any atom is 0.274 e. The molecule has 2 amide bonds. The summed E-state index contributed by atoms with van der Waals surface area (Å²) in [5, 5.41) is 11.1. The first-order chi connectivity index (χ1) is 18.5. The first-order valence-corrected chi connectivity index (χ1v) is 14.0. The number of azo groups is 1. The minimum Gasteiger partial charge on any atom is -0.312 e. The molecule has 2 aromatic rings. The molecule has 1 spiro atoms. The van der Waals surface area contributed by atoms with Crippen LogP contribution >= 0.6 is 23.2 Å². The van der Waals surface area contributed by atoms with Gasteiger partial charge >= 0.3 is 0 Å². The molecule has 2 heterocycles. The number of carbonyl (C=O) groups is 2. The lowest BCUT2D eigenvalue weighted by Crippen LogP contribution is -2.50. The van der Waals surface area contributed by atoms with Crippen molar-refractivity contribution in [3.05, 3.63) is 69.2 Å². The van der Waals surface area contributed by atoms with E-state index >= 15 is 0 Å². The normalized spacial score (nSPS) is 22.8. The van der Waals surface area contributed by atoms with E-state index in [0.717, 1.165) is 31.2 Å². The minimum atomic E-state index is -0.570. The Morgan fingerprint density at radius 3 is 2.33 bits per heavy atom. The fourth-order valence-corrected chi connectivity index (χ4v) is 6.21.